The Morgan fingerprint density at radius 3 is 2.27 bits per heavy atom. The predicted molar refractivity (Wildman–Crippen MR) is 52.0 cm³/mol. The summed E-state index contributed by atoms with van der Waals surface area (Å²) in [6.45, 7) is 1.31. The van der Waals surface area contributed by atoms with Crippen LogP contribution in [0.1, 0.15) is 26.2 Å². The lowest BCUT2D eigenvalue weighted by atomic mass is 9.77. The predicted octanol–water partition coefficient (Wildman–Crippen LogP) is -1.18. The van der Waals surface area contributed by atoms with Crippen LogP contribution in [-0.4, -0.2) is 39.8 Å². The molecule has 1 amide bonds. The molecule has 0 aromatic heterocycles. The van der Waals surface area contributed by atoms with Gasteiger partial charge in [0.25, 0.3) is 0 Å². The number of carbonyl (C=O) groups excluding carboxylic acids is 1. The molecule has 0 heterocycles. The summed E-state index contributed by atoms with van der Waals surface area (Å²) < 4.78 is 0. The zero-order chi connectivity index (χ0) is 11.6. The third-order valence-corrected chi connectivity index (χ3v) is 2.73. The summed E-state index contributed by atoms with van der Waals surface area (Å²) >= 11 is 0. The summed E-state index contributed by atoms with van der Waals surface area (Å²) in [6.07, 6.45) is 0.849. The molecule has 5 N–H and O–H groups in total. The summed E-state index contributed by atoms with van der Waals surface area (Å²) in [4.78, 5) is 22.3. The number of nitrogens with one attached hydrogen (secondary N) is 1. The highest BCUT2D eigenvalue weighted by Gasteiger charge is 2.42. The van der Waals surface area contributed by atoms with Crippen LogP contribution in [0.5, 0.6) is 0 Å². The first-order chi connectivity index (χ1) is 6.87. The average molecular weight is 216 g/mol. The highest BCUT2D eigenvalue weighted by atomic mass is 16.4. The van der Waals surface area contributed by atoms with Crippen molar-refractivity contribution in [3.63, 3.8) is 0 Å². The summed E-state index contributed by atoms with van der Waals surface area (Å²) in [5, 5.41) is 20.1. The van der Waals surface area contributed by atoms with E-state index >= 15 is 0 Å². The maximum Gasteiger partial charge on any atom is 0.328 e. The molecule has 1 aliphatic rings. The number of carbonyl (C=O) groups is 2. The average Bonchev–Trinajstić information content (AvgIpc) is 2.08. The van der Waals surface area contributed by atoms with Gasteiger partial charge < -0.3 is 21.3 Å². The van der Waals surface area contributed by atoms with Crippen molar-refractivity contribution in [2.24, 2.45) is 5.73 Å². The molecule has 0 aromatic carbocycles. The van der Waals surface area contributed by atoms with E-state index in [2.05, 4.69) is 5.32 Å². The second-order valence-corrected chi connectivity index (χ2v) is 4.04. The van der Waals surface area contributed by atoms with Crippen LogP contribution in [0.3, 0.4) is 0 Å². The Balaban J connectivity index is 2.58. The van der Waals surface area contributed by atoms with Crippen molar-refractivity contribution in [1.29, 1.82) is 0 Å². The van der Waals surface area contributed by atoms with Gasteiger partial charge in [-0.2, -0.15) is 0 Å². The first-order valence-corrected chi connectivity index (χ1v) is 4.87. The smallest absolute Gasteiger partial charge is 0.328 e. The maximum atomic E-state index is 11.6. The van der Waals surface area contributed by atoms with Gasteiger partial charge in [-0.1, -0.05) is 0 Å². The molecule has 1 aliphatic carbocycles. The maximum absolute atomic E-state index is 11.6. The lowest BCUT2D eigenvalue weighted by Crippen LogP contribution is -2.62. The van der Waals surface area contributed by atoms with E-state index < -0.39 is 29.6 Å². The minimum Gasteiger partial charge on any atom is -0.480 e. The van der Waals surface area contributed by atoms with E-state index in [1.807, 2.05) is 0 Å². The zero-order valence-electron chi connectivity index (χ0n) is 8.56. The van der Waals surface area contributed by atoms with Gasteiger partial charge in [-0.05, 0) is 26.2 Å². The minimum absolute atomic E-state index is 0.498. The molecule has 0 aliphatic heterocycles. The lowest BCUT2D eigenvalue weighted by Gasteiger charge is -2.37. The number of carboxylic acid groups (broad SMARTS) is 1. The molecule has 86 valence electrons. The van der Waals surface area contributed by atoms with E-state index in [1.54, 1.807) is 0 Å². The third kappa shape index (κ3) is 2.45. The Hall–Kier alpha value is -1.14. The van der Waals surface area contributed by atoms with Crippen molar-refractivity contribution in [1.82, 2.24) is 5.32 Å². The molecule has 0 spiro atoms. The molecule has 1 fully saturated rings. The molecule has 2 unspecified atom stereocenters. The van der Waals surface area contributed by atoms with E-state index in [9.17, 15) is 9.59 Å². The number of carboxylic acids is 1. The van der Waals surface area contributed by atoms with Gasteiger partial charge in [0, 0.05) is 0 Å². The molecule has 15 heavy (non-hydrogen) atoms. The molecule has 0 aromatic rings. The topological polar surface area (TPSA) is 113 Å². The molecule has 6 heteroatoms. The number of hydrogen-bond acceptors (Lipinski definition) is 4. The van der Waals surface area contributed by atoms with Crippen LogP contribution in [0.15, 0.2) is 0 Å². The van der Waals surface area contributed by atoms with Gasteiger partial charge in [0.05, 0.1) is 11.6 Å². The molecule has 1 saturated carbocycles. The SMILES string of the molecule is CC(O)C(NC(=O)C1(N)CCC1)C(=O)O. The normalized spacial score (nSPS) is 22.3. The standard InChI is InChI=1S/C9H16N2O4/c1-5(12)6(7(13)14)11-8(15)9(10)3-2-4-9/h5-6,12H,2-4,10H2,1H3,(H,11,15)(H,13,14). The van der Waals surface area contributed by atoms with Crippen LogP contribution >= 0.6 is 0 Å². The van der Waals surface area contributed by atoms with Gasteiger partial charge in [0.1, 0.15) is 0 Å². The first-order valence-electron chi connectivity index (χ1n) is 4.87. The van der Waals surface area contributed by atoms with Crippen LogP contribution < -0.4 is 11.1 Å². The van der Waals surface area contributed by atoms with E-state index in [1.165, 1.54) is 6.92 Å². The number of amides is 1. The summed E-state index contributed by atoms with van der Waals surface area (Å²) in [7, 11) is 0. The first kappa shape index (κ1) is 11.9. The minimum atomic E-state index is -1.29. The van der Waals surface area contributed by atoms with Crippen molar-refractivity contribution in [2.45, 2.75) is 43.9 Å². The van der Waals surface area contributed by atoms with Crippen molar-refractivity contribution < 1.29 is 19.8 Å². The second-order valence-electron chi connectivity index (χ2n) is 4.04. The number of hydrogen-bond donors (Lipinski definition) is 4. The monoisotopic (exact) mass is 216 g/mol. The fourth-order valence-electron chi connectivity index (χ4n) is 1.46. The van der Waals surface area contributed by atoms with Gasteiger partial charge in [0.2, 0.25) is 5.91 Å². The lowest BCUT2D eigenvalue weighted by molar-refractivity contribution is -0.146. The Morgan fingerprint density at radius 1 is 1.47 bits per heavy atom. The van der Waals surface area contributed by atoms with Crippen LogP contribution in [0.2, 0.25) is 0 Å². The third-order valence-electron chi connectivity index (χ3n) is 2.73. The van der Waals surface area contributed by atoms with E-state index in [0.717, 1.165) is 6.42 Å². The molecule has 1 rings (SSSR count). The van der Waals surface area contributed by atoms with E-state index in [4.69, 9.17) is 15.9 Å². The van der Waals surface area contributed by atoms with E-state index in [-0.39, 0.29) is 0 Å². The van der Waals surface area contributed by atoms with Gasteiger partial charge in [-0.15, -0.1) is 0 Å². The largest absolute Gasteiger partial charge is 0.480 e. The van der Waals surface area contributed by atoms with Gasteiger partial charge in [-0.25, -0.2) is 4.79 Å². The summed E-state index contributed by atoms with van der Waals surface area (Å²) in [5.41, 5.74) is 4.77. The summed E-state index contributed by atoms with van der Waals surface area (Å²) in [6, 6.07) is -1.29. The van der Waals surface area contributed by atoms with Gasteiger partial charge in [0.15, 0.2) is 6.04 Å². The van der Waals surface area contributed by atoms with Gasteiger partial charge in [-0.3, -0.25) is 4.79 Å². The van der Waals surface area contributed by atoms with Crippen LogP contribution in [-0.2, 0) is 9.59 Å². The van der Waals surface area contributed by atoms with Crippen LogP contribution in [0.25, 0.3) is 0 Å². The van der Waals surface area contributed by atoms with Crippen LogP contribution in [0, 0.1) is 0 Å². The highest BCUT2D eigenvalue weighted by molar-refractivity contribution is 5.90. The van der Waals surface area contributed by atoms with Crippen LogP contribution in [0.4, 0.5) is 0 Å². The van der Waals surface area contributed by atoms with Gasteiger partial charge >= 0.3 is 5.97 Å². The van der Waals surface area contributed by atoms with E-state index in [0.29, 0.717) is 12.8 Å². The molecule has 2 atom stereocenters. The molecule has 0 bridgehead atoms. The fourth-order valence-corrected chi connectivity index (χ4v) is 1.46. The number of rotatable bonds is 4. The number of aliphatic hydroxyl groups is 1. The molecule has 6 nitrogen and oxygen atoms in total. The fraction of sp³-hybridized carbons (Fsp3) is 0.778. The quantitative estimate of drug-likeness (QED) is 0.472. The highest BCUT2D eigenvalue weighted by Crippen LogP contribution is 2.29. The zero-order valence-corrected chi connectivity index (χ0v) is 8.56. The Bertz CT molecular complexity index is 273. The van der Waals surface area contributed by atoms with Crippen molar-refractivity contribution >= 4 is 11.9 Å². The number of nitrogens with two attached hydrogens (primary N) is 1. The molecular weight excluding hydrogens is 200 g/mol. The molecular formula is C9H16N2O4. The van der Waals surface area contributed by atoms with Crippen molar-refractivity contribution in [2.75, 3.05) is 0 Å². The second kappa shape index (κ2) is 4.16. The van der Waals surface area contributed by atoms with Crippen molar-refractivity contribution in [3.05, 3.63) is 0 Å². The molecule has 0 radical (unpaired) electrons. The Morgan fingerprint density at radius 2 is 2.00 bits per heavy atom. The summed E-state index contributed by atoms with van der Waals surface area (Å²) in [5.74, 6) is -1.76. The molecule has 0 saturated heterocycles. The van der Waals surface area contributed by atoms with Crippen molar-refractivity contribution in [3.8, 4) is 0 Å². The number of aliphatic hydroxyl groups excluding tert-OH is 1. The number of aliphatic carboxylic acids is 1. The Kier molecular flexibility index (Phi) is 3.31. The Labute approximate surface area is 87.5 Å².